The minimum atomic E-state index is -0.489. The van der Waals surface area contributed by atoms with Gasteiger partial charge in [0.05, 0.1) is 16.4 Å². The number of amides is 2. The molecule has 0 saturated carbocycles. The predicted molar refractivity (Wildman–Crippen MR) is 96.6 cm³/mol. The van der Waals surface area contributed by atoms with Crippen molar-refractivity contribution in [2.75, 3.05) is 16.4 Å². The number of fused-ring (bicyclic) bond motifs is 1. The van der Waals surface area contributed by atoms with Gasteiger partial charge in [0.2, 0.25) is 11.8 Å². The van der Waals surface area contributed by atoms with E-state index >= 15 is 0 Å². The number of rotatable bonds is 4. The Morgan fingerprint density at radius 1 is 1.28 bits per heavy atom. The van der Waals surface area contributed by atoms with Crippen LogP contribution >= 0.6 is 11.8 Å². The summed E-state index contributed by atoms with van der Waals surface area (Å²) in [5.74, 6) is -0.0715. The zero-order chi connectivity index (χ0) is 17.8. The van der Waals surface area contributed by atoms with Gasteiger partial charge in [0, 0.05) is 28.8 Å². The number of carbonyl (C=O) groups excluding carboxylic acids is 2. The van der Waals surface area contributed by atoms with E-state index in [1.807, 2.05) is 6.07 Å². The zero-order valence-electron chi connectivity index (χ0n) is 12.9. The van der Waals surface area contributed by atoms with E-state index in [-0.39, 0.29) is 17.5 Å². The number of nitrogens with one attached hydrogen (secondary N) is 2. The molecule has 126 valence electrons. The molecule has 0 spiro atoms. The second-order valence-electron chi connectivity index (χ2n) is 5.22. The van der Waals surface area contributed by atoms with Gasteiger partial charge in [-0.3, -0.25) is 19.7 Å². The molecule has 7 nitrogen and oxygen atoms in total. The van der Waals surface area contributed by atoms with Crippen LogP contribution in [0, 0.1) is 10.1 Å². The van der Waals surface area contributed by atoms with Crippen molar-refractivity contribution in [2.24, 2.45) is 0 Å². The monoisotopic (exact) mass is 355 g/mol. The van der Waals surface area contributed by atoms with E-state index in [9.17, 15) is 19.7 Å². The van der Waals surface area contributed by atoms with Crippen molar-refractivity contribution in [1.29, 1.82) is 0 Å². The Morgan fingerprint density at radius 2 is 2.12 bits per heavy atom. The molecular weight excluding hydrogens is 342 g/mol. The lowest BCUT2D eigenvalue weighted by Crippen LogP contribution is -2.19. The highest BCUT2D eigenvalue weighted by Crippen LogP contribution is 2.33. The number of benzene rings is 2. The van der Waals surface area contributed by atoms with Crippen LogP contribution in [0.25, 0.3) is 6.08 Å². The SMILES string of the molecule is O=C(/C=C/c1cccc([N+](=O)[O-])c1)Nc1ccc2c(c1)NC(=O)CS2. The van der Waals surface area contributed by atoms with E-state index in [1.165, 1.54) is 36.0 Å². The smallest absolute Gasteiger partial charge is 0.270 e. The number of thioether (sulfide) groups is 1. The fourth-order valence-corrected chi connectivity index (χ4v) is 3.05. The maximum absolute atomic E-state index is 12.0. The maximum atomic E-state index is 12.0. The van der Waals surface area contributed by atoms with Gasteiger partial charge in [-0.2, -0.15) is 0 Å². The number of carbonyl (C=O) groups is 2. The van der Waals surface area contributed by atoms with Gasteiger partial charge >= 0.3 is 0 Å². The van der Waals surface area contributed by atoms with Gasteiger partial charge in [-0.25, -0.2) is 0 Å². The molecule has 0 saturated heterocycles. The highest BCUT2D eigenvalue weighted by atomic mass is 32.2. The summed E-state index contributed by atoms with van der Waals surface area (Å²) < 4.78 is 0. The predicted octanol–water partition coefficient (Wildman–Crippen LogP) is 3.29. The lowest BCUT2D eigenvalue weighted by molar-refractivity contribution is -0.384. The first-order chi connectivity index (χ1) is 12.0. The molecule has 0 aromatic heterocycles. The highest BCUT2D eigenvalue weighted by molar-refractivity contribution is 8.00. The fourth-order valence-electron chi connectivity index (χ4n) is 2.26. The topological polar surface area (TPSA) is 101 Å². The Balaban J connectivity index is 1.68. The summed E-state index contributed by atoms with van der Waals surface area (Å²) in [6.45, 7) is 0. The number of anilines is 2. The number of hydrogen-bond acceptors (Lipinski definition) is 5. The van der Waals surface area contributed by atoms with Gasteiger partial charge in [-0.1, -0.05) is 12.1 Å². The lowest BCUT2D eigenvalue weighted by Gasteiger charge is -2.17. The molecule has 2 amide bonds. The van der Waals surface area contributed by atoms with E-state index in [4.69, 9.17) is 0 Å². The van der Waals surface area contributed by atoms with E-state index in [0.717, 1.165) is 4.90 Å². The number of nitro groups is 1. The normalized spacial score (nSPS) is 13.2. The molecule has 1 heterocycles. The van der Waals surface area contributed by atoms with Crippen molar-refractivity contribution in [3.63, 3.8) is 0 Å². The van der Waals surface area contributed by atoms with Crippen molar-refractivity contribution in [1.82, 2.24) is 0 Å². The molecule has 8 heteroatoms. The average Bonchev–Trinajstić information content (AvgIpc) is 2.60. The van der Waals surface area contributed by atoms with Crippen LogP contribution in [0.5, 0.6) is 0 Å². The number of hydrogen-bond donors (Lipinski definition) is 2. The largest absolute Gasteiger partial charge is 0.324 e. The Kier molecular flexibility index (Phi) is 4.80. The van der Waals surface area contributed by atoms with E-state index in [0.29, 0.717) is 22.7 Å². The molecule has 2 aromatic rings. The molecule has 0 aliphatic carbocycles. The van der Waals surface area contributed by atoms with Crippen molar-refractivity contribution in [2.45, 2.75) is 4.90 Å². The summed E-state index contributed by atoms with van der Waals surface area (Å²) in [6.07, 6.45) is 2.80. The van der Waals surface area contributed by atoms with Crippen LogP contribution in [0.3, 0.4) is 0 Å². The standard InChI is InChI=1S/C17H13N3O4S/c21-16(7-4-11-2-1-3-13(8-11)20(23)24)18-12-5-6-15-14(9-12)19-17(22)10-25-15/h1-9H,10H2,(H,18,21)(H,19,22)/b7-4+. The van der Waals surface area contributed by atoms with Crippen LogP contribution in [0.2, 0.25) is 0 Å². The van der Waals surface area contributed by atoms with Gasteiger partial charge in [0.25, 0.3) is 5.69 Å². The lowest BCUT2D eigenvalue weighted by atomic mass is 10.2. The first-order valence-electron chi connectivity index (χ1n) is 7.31. The van der Waals surface area contributed by atoms with E-state index in [2.05, 4.69) is 10.6 Å². The van der Waals surface area contributed by atoms with Gasteiger partial charge < -0.3 is 10.6 Å². The van der Waals surface area contributed by atoms with Gasteiger partial charge in [0.15, 0.2) is 0 Å². The second kappa shape index (κ2) is 7.18. The molecule has 1 aliphatic heterocycles. The summed E-state index contributed by atoms with van der Waals surface area (Å²) in [7, 11) is 0. The zero-order valence-corrected chi connectivity index (χ0v) is 13.7. The highest BCUT2D eigenvalue weighted by Gasteiger charge is 2.15. The van der Waals surface area contributed by atoms with Crippen LogP contribution in [-0.2, 0) is 9.59 Å². The first-order valence-corrected chi connectivity index (χ1v) is 8.30. The average molecular weight is 355 g/mol. The van der Waals surface area contributed by atoms with Crippen molar-refractivity contribution in [3.8, 4) is 0 Å². The van der Waals surface area contributed by atoms with E-state index in [1.54, 1.807) is 24.3 Å². The molecule has 2 aromatic carbocycles. The maximum Gasteiger partial charge on any atom is 0.270 e. The molecular formula is C17H13N3O4S. The third-order valence-corrected chi connectivity index (χ3v) is 4.46. The number of non-ortho nitro benzene ring substituents is 1. The molecule has 0 fully saturated rings. The Bertz CT molecular complexity index is 895. The van der Waals surface area contributed by atoms with Crippen LogP contribution in [0.1, 0.15) is 5.56 Å². The summed E-state index contributed by atoms with van der Waals surface area (Å²) in [4.78, 5) is 34.6. The summed E-state index contributed by atoms with van der Waals surface area (Å²) in [5, 5.41) is 16.2. The second-order valence-corrected chi connectivity index (χ2v) is 6.24. The Labute approximate surface area is 147 Å². The Hall–Kier alpha value is -3.13. The summed E-state index contributed by atoms with van der Waals surface area (Å²) in [6, 6.07) is 11.3. The Morgan fingerprint density at radius 3 is 2.92 bits per heavy atom. The minimum Gasteiger partial charge on any atom is -0.324 e. The fraction of sp³-hybridized carbons (Fsp3) is 0.0588. The molecule has 0 unspecified atom stereocenters. The molecule has 1 aliphatic rings. The van der Waals surface area contributed by atoms with Gasteiger partial charge in [-0.15, -0.1) is 11.8 Å². The van der Waals surface area contributed by atoms with Crippen molar-refractivity contribution in [3.05, 3.63) is 64.2 Å². The van der Waals surface area contributed by atoms with Crippen molar-refractivity contribution < 1.29 is 14.5 Å². The van der Waals surface area contributed by atoms with Gasteiger partial charge in [0.1, 0.15) is 0 Å². The summed E-state index contributed by atoms with van der Waals surface area (Å²) in [5.41, 5.74) is 1.74. The number of nitro benzene ring substituents is 1. The summed E-state index contributed by atoms with van der Waals surface area (Å²) >= 11 is 1.44. The number of nitrogens with zero attached hydrogens (tertiary/aromatic N) is 1. The molecule has 0 radical (unpaired) electrons. The van der Waals surface area contributed by atoms with Crippen LogP contribution in [-0.4, -0.2) is 22.5 Å². The van der Waals surface area contributed by atoms with Crippen LogP contribution in [0.4, 0.5) is 17.1 Å². The minimum absolute atomic E-state index is 0.0366. The molecule has 2 N–H and O–H groups in total. The third-order valence-electron chi connectivity index (χ3n) is 3.39. The van der Waals surface area contributed by atoms with Gasteiger partial charge in [-0.05, 0) is 29.8 Å². The first kappa shape index (κ1) is 16.7. The third kappa shape index (κ3) is 4.24. The van der Waals surface area contributed by atoms with E-state index < -0.39 is 4.92 Å². The molecule has 25 heavy (non-hydrogen) atoms. The van der Waals surface area contributed by atoms with Crippen molar-refractivity contribution >= 4 is 46.7 Å². The quantitative estimate of drug-likeness (QED) is 0.498. The van der Waals surface area contributed by atoms with Crippen LogP contribution in [0.15, 0.2) is 53.4 Å². The van der Waals surface area contributed by atoms with Crippen LogP contribution < -0.4 is 10.6 Å². The molecule has 0 atom stereocenters. The molecule has 3 rings (SSSR count). The molecule has 0 bridgehead atoms.